The lowest BCUT2D eigenvalue weighted by Gasteiger charge is -1.91. The summed E-state index contributed by atoms with van der Waals surface area (Å²) >= 11 is 5.55. The Kier molecular flexibility index (Phi) is 2.01. The van der Waals surface area contributed by atoms with Gasteiger partial charge in [-0.2, -0.15) is 0 Å². The minimum Gasteiger partial charge on any atom is -0.241 e. The molecule has 1 heterocycles. The molecule has 0 aliphatic carbocycles. The molecule has 0 saturated heterocycles. The fraction of sp³-hybridized carbons (Fsp3) is 0.167. The van der Waals surface area contributed by atoms with Gasteiger partial charge in [0, 0.05) is 12.6 Å². The van der Waals surface area contributed by atoms with Gasteiger partial charge in [0.25, 0.3) is 0 Å². The second kappa shape index (κ2) is 2.78. The van der Waals surface area contributed by atoms with E-state index in [0.29, 0.717) is 11.0 Å². The van der Waals surface area contributed by atoms with E-state index in [1.807, 2.05) is 6.92 Å². The summed E-state index contributed by atoms with van der Waals surface area (Å²) in [6.07, 6.45) is 3.43. The van der Waals surface area contributed by atoms with Gasteiger partial charge in [-0.3, -0.25) is 0 Å². The molecule has 0 unspecified atom stereocenters. The van der Waals surface area contributed by atoms with Crippen LogP contribution in [0.3, 0.4) is 0 Å². The Hall–Kier alpha value is -0.630. The monoisotopic (exact) mass is 141 g/mol. The van der Waals surface area contributed by atoms with E-state index in [-0.39, 0.29) is 0 Å². The lowest BCUT2D eigenvalue weighted by molar-refractivity contribution is 1.06. The molecule has 9 heavy (non-hydrogen) atoms. The Morgan fingerprint density at radius 1 is 1.67 bits per heavy atom. The molecule has 0 N–H and O–H groups in total. The van der Waals surface area contributed by atoms with E-state index in [4.69, 9.17) is 11.6 Å². The van der Waals surface area contributed by atoms with Crippen molar-refractivity contribution in [2.45, 2.75) is 6.92 Å². The standard InChI is InChI=1S/C6H6ClN2/c1-2-6-8-4-3-5(7)9-6/h2-4H,1H3. The van der Waals surface area contributed by atoms with E-state index in [1.165, 1.54) is 0 Å². The van der Waals surface area contributed by atoms with E-state index in [9.17, 15) is 0 Å². The maximum absolute atomic E-state index is 5.55. The molecule has 0 bridgehead atoms. The first-order valence-corrected chi connectivity index (χ1v) is 2.98. The highest BCUT2D eigenvalue weighted by atomic mass is 35.5. The van der Waals surface area contributed by atoms with Crippen LogP contribution >= 0.6 is 11.6 Å². The van der Waals surface area contributed by atoms with Gasteiger partial charge in [-0.1, -0.05) is 18.5 Å². The molecule has 1 radical (unpaired) electrons. The molecule has 0 saturated carbocycles. The summed E-state index contributed by atoms with van der Waals surface area (Å²) < 4.78 is 0. The second-order valence-electron chi connectivity index (χ2n) is 1.53. The van der Waals surface area contributed by atoms with Crippen LogP contribution in [0.1, 0.15) is 12.7 Å². The third kappa shape index (κ3) is 1.64. The molecule has 0 aromatic carbocycles. The minimum absolute atomic E-state index is 0.484. The average Bonchev–Trinajstić information content (AvgIpc) is 1.88. The average molecular weight is 142 g/mol. The summed E-state index contributed by atoms with van der Waals surface area (Å²) in [5.41, 5.74) is 0. The molecule has 1 aromatic rings. The Morgan fingerprint density at radius 3 is 2.89 bits per heavy atom. The van der Waals surface area contributed by atoms with Crippen LogP contribution in [-0.4, -0.2) is 9.97 Å². The highest BCUT2D eigenvalue weighted by Crippen LogP contribution is 2.02. The zero-order valence-electron chi connectivity index (χ0n) is 5.00. The predicted octanol–water partition coefficient (Wildman–Crippen LogP) is 1.70. The van der Waals surface area contributed by atoms with E-state index in [1.54, 1.807) is 18.7 Å². The van der Waals surface area contributed by atoms with E-state index in [0.717, 1.165) is 0 Å². The van der Waals surface area contributed by atoms with Crippen LogP contribution in [0.25, 0.3) is 0 Å². The van der Waals surface area contributed by atoms with Crippen LogP contribution in [0.4, 0.5) is 0 Å². The molecule has 0 aliphatic rings. The first-order valence-electron chi connectivity index (χ1n) is 2.61. The first kappa shape index (κ1) is 6.49. The fourth-order valence-electron chi connectivity index (χ4n) is 0.490. The van der Waals surface area contributed by atoms with Gasteiger partial charge in [0.05, 0.1) is 0 Å². The number of rotatable bonds is 1. The van der Waals surface area contributed by atoms with Gasteiger partial charge >= 0.3 is 0 Å². The zero-order valence-corrected chi connectivity index (χ0v) is 5.76. The number of aromatic nitrogens is 2. The van der Waals surface area contributed by atoms with E-state index < -0.39 is 0 Å². The van der Waals surface area contributed by atoms with Crippen molar-refractivity contribution < 1.29 is 0 Å². The van der Waals surface area contributed by atoms with Crippen molar-refractivity contribution in [1.82, 2.24) is 9.97 Å². The first-order chi connectivity index (χ1) is 4.33. The third-order valence-electron chi connectivity index (χ3n) is 0.898. The van der Waals surface area contributed by atoms with Crippen molar-refractivity contribution in [3.05, 3.63) is 29.7 Å². The highest BCUT2D eigenvalue weighted by molar-refractivity contribution is 6.29. The molecule has 3 heteroatoms. The van der Waals surface area contributed by atoms with Gasteiger partial charge < -0.3 is 0 Å². The van der Waals surface area contributed by atoms with Gasteiger partial charge in [0.1, 0.15) is 11.0 Å². The SMILES string of the molecule is C[CH]c1nccc(Cl)n1. The number of nitrogens with zero attached hydrogens (tertiary/aromatic N) is 2. The number of hydrogen-bond acceptors (Lipinski definition) is 2. The van der Waals surface area contributed by atoms with Crippen molar-refractivity contribution in [1.29, 1.82) is 0 Å². The Balaban J connectivity index is 2.94. The van der Waals surface area contributed by atoms with Crippen LogP contribution in [-0.2, 0) is 0 Å². The highest BCUT2D eigenvalue weighted by Gasteiger charge is 1.91. The topological polar surface area (TPSA) is 25.8 Å². The quantitative estimate of drug-likeness (QED) is 0.557. The van der Waals surface area contributed by atoms with Crippen LogP contribution < -0.4 is 0 Å². The van der Waals surface area contributed by atoms with Crippen molar-refractivity contribution in [3.8, 4) is 0 Å². The maximum atomic E-state index is 5.55. The molecule has 0 amide bonds. The van der Waals surface area contributed by atoms with Crippen molar-refractivity contribution in [3.63, 3.8) is 0 Å². The van der Waals surface area contributed by atoms with Crippen LogP contribution in [0, 0.1) is 6.42 Å². The third-order valence-corrected chi connectivity index (χ3v) is 1.11. The lowest BCUT2D eigenvalue weighted by atomic mass is 10.4. The van der Waals surface area contributed by atoms with Crippen molar-refractivity contribution in [2.75, 3.05) is 0 Å². The number of halogens is 1. The molecule has 0 aliphatic heterocycles. The Bertz CT molecular complexity index is 200. The molecule has 1 aromatic heterocycles. The van der Waals surface area contributed by atoms with Gasteiger partial charge in [-0.05, 0) is 6.07 Å². The molecule has 0 fully saturated rings. The van der Waals surface area contributed by atoms with Gasteiger partial charge in [0.2, 0.25) is 0 Å². The largest absolute Gasteiger partial charge is 0.241 e. The summed E-state index contributed by atoms with van der Waals surface area (Å²) in [7, 11) is 0. The summed E-state index contributed by atoms with van der Waals surface area (Å²) in [5.74, 6) is 0.669. The van der Waals surface area contributed by atoms with Gasteiger partial charge in [-0.25, -0.2) is 9.97 Å². The maximum Gasteiger partial charge on any atom is 0.133 e. The molecule has 1 rings (SSSR count). The predicted molar refractivity (Wildman–Crippen MR) is 36.1 cm³/mol. The fourth-order valence-corrected chi connectivity index (χ4v) is 0.633. The minimum atomic E-state index is 0.484. The smallest absolute Gasteiger partial charge is 0.133 e. The van der Waals surface area contributed by atoms with E-state index in [2.05, 4.69) is 9.97 Å². The summed E-state index contributed by atoms with van der Waals surface area (Å²) in [6.45, 7) is 1.87. The van der Waals surface area contributed by atoms with E-state index >= 15 is 0 Å². The summed E-state index contributed by atoms with van der Waals surface area (Å²) in [6, 6.07) is 1.65. The lowest BCUT2D eigenvalue weighted by Crippen LogP contribution is -1.88. The molecule has 0 atom stereocenters. The van der Waals surface area contributed by atoms with Crippen LogP contribution in [0.5, 0.6) is 0 Å². The zero-order chi connectivity index (χ0) is 6.69. The number of hydrogen-bond donors (Lipinski definition) is 0. The summed E-state index contributed by atoms with van der Waals surface area (Å²) in [5, 5.41) is 0.484. The Labute approximate surface area is 58.9 Å². The molecule has 47 valence electrons. The van der Waals surface area contributed by atoms with Crippen molar-refractivity contribution >= 4 is 11.6 Å². The molecule has 0 spiro atoms. The summed E-state index contributed by atoms with van der Waals surface area (Å²) in [4.78, 5) is 7.80. The molecular weight excluding hydrogens is 136 g/mol. The normalized spacial score (nSPS) is 9.56. The molecular formula is C6H6ClN2. The van der Waals surface area contributed by atoms with Crippen LogP contribution in [0.2, 0.25) is 5.15 Å². The second-order valence-corrected chi connectivity index (χ2v) is 1.91. The van der Waals surface area contributed by atoms with Crippen molar-refractivity contribution in [2.24, 2.45) is 0 Å². The van der Waals surface area contributed by atoms with Gasteiger partial charge in [-0.15, -0.1) is 0 Å². The van der Waals surface area contributed by atoms with Gasteiger partial charge in [0.15, 0.2) is 0 Å². The Morgan fingerprint density at radius 2 is 2.44 bits per heavy atom. The molecule has 2 nitrogen and oxygen atoms in total. The van der Waals surface area contributed by atoms with Crippen LogP contribution in [0.15, 0.2) is 12.3 Å².